The van der Waals surface area contributed by atoms with E-state index in [0.717, 1.165) is 22.3 Å². The van der Waals surface area contributed by atoms with Crippen molar-refractivity contribution in [1.82, 2.24) is 9.80 Å². The summed E-state index contributed by atoms with van der Waals surface area (Å²) in [6.45, 7) is 0. The first-order valence-electron chi connectivity index (χ1n) is 20.9. The van der Waals surface area contributed by atoms with Crippen LogP contribution in [0.25, 0.3) is 43.1 Å². The summed E-state index contributed by atoms with van der Waals surface area (Å²) in [6, 6.07) is 82.6. The van der Waals surface area contributed by atoms with Gasteiger partial charge in [-0.3, -0.25) is 5.41 Å². The summed E-state index contributed by atoms with van der Waals surface area (Å²) in [5.41, 5.74) is 6.93. The van der Waals surface area contributed by atoms with Crippen LogP contribution in [0.2, 0.25) is 0 Å². The largest absolute Gasteiger partial charge is 0.322 e. The highest BCUT2D eigenvalue weighted by atomic mass is 15.5. The van der Waals surface area contributed by atoms with Gasteiger partial charge in [0, 0.05) is 0 Å². The first-order chi connectivity index (χ1) is 29.7. The zero-order valence-electron chi connectivity index (χ0n) is 33.1. The molecule has 0 saturated carbocycles. The predicted molar refractivity (Wildman–Crippen MR) is 249 cm³/mol. The molecule has 60 heavy (non-hydrogen) atoms. The summed E-state index contributed by atoms with van der Waals surface area (Å²) in [5, 5.41) is 20.4. The van der Waals surface area contributed by atoms with Gasteiger partial charge in [-0.05, 0) is 101 Å². The molecule has 1 N–H and O–H groups in total. The fourth-order valence-corrected chi connectivity index (χ4v) is 9.79. The quantitative estimate of drug-likeness (QED) is 0.167. The number of benzene rings is 10. The zero-order chi connectivity index (χ0) is 40.0. The first-order valence-corrected chi connectivity index (χ1v) is 20.9. The van der Waals surface area contributed by atoms with Crippen molar-refractivity contribution in [3.63, 3.8) is 0 Å². The van der Waals surface area contributed by atoms with E-state index in [0.29, 0.717) is 5.96 Å². The monoisotopic (exact) mass is 769 g/mol. The molecule has 1 fully saturated rings. The Labute approximate surface area is 350 Å². The van der Waals surface area contributed by atoms with E-state index in [2.05, 4.69) is 240 Å². The fourth-order valence-electron chi connectivity index (χ4n) is 9.79. The van der Waals surface area contributed by atoms with Crippen LogP contribution in [-0.2, 0) is 0 Å². The topological polar surface area (TPSA) is 30.3 Å². The molecule has 2 atom stereocenters. The fraction of sp³-hybridized carbons (Fsp3) is 0.0702. The van der Waals surface area contributed by atoms with E-state index in [1.807, 2.05) is 0 Å². The van der Waals surface area contributed by atoms with E-state index in [-0.39, 0.29) is 24.2 Å². The van der Waals surface area contributed by atoms with Crippen molar-refractivity contribution in [2.75, 3.05) is 0 Å². The van der Waals surface area contributed by atoms with Crippen LogP contribution in [0.5, 0.6) is 0 Å². The van der Waals surface area contributed by atoms with Crippen LogP contribution in [-0.4, -0.2) is 15.8 Å². The molecule has 0 amide bonds. The summed E-state index contributed by atoms with van der Waals surface area (Å²) in [6.07, 6.45) is 0. The highest BCUT2D eigenvalue weighted by Crippen LogP contribution is 2.54. The van der Waals surface area contributed by atoms with Crippen LogP contribution in [0, 0.1) is 5.41 Å². The maximum absolute atomic E-state index is 10.9. The van der Waals surface area contributed by atoms with Gasteiger partial charge in [-0.15, -0.1) is 0 Å². The molecule has 0 aromatic heterocycles. The van der Waals surface area contributed by atoms with E-state index < -0.39 is 0 Å². The number of fused-ring (bicyclic) bond motifs is 4. The van der Waals surface area contributed by atoms with Gasteiger partial charge in [-0.1, -0.05) is 206 Å². The molecule has 1 heterocycles. The van der Waals surface area contributed by atoms with Gasteiger partial charge in [0.2, 0.25) is 0 Å². The second-order valence-corrected chi connectivity index (χ2v) is 16.1. The maximum Gasteiger partial charge on any atom is 0.196 e. The lowest BCUT2D eigenvalue weighted by Crippen LogP contribution is -2.39. The lowest BCUT2D eigenvalue weighted by Gasteiger charge is -2.36. The van der Waals surface area contributed by atoms with Gasteiger partial charge < -0.3 is 9.80 Å². The Morgan fingerprint density at radius 1 is 0.283 bits per heavy atom. The Hall–Kier alpha value is -7.49. The normalized spacial score (nSPS) is 15.6. The number of hydrogen-bond acceptors (Lipinski definition) is 1. The third kappa shape index (κ3) is 6.27. The summed E-state index contributed by atoms with van der Waals surface area (Å²) >= 11 is 0. The van der Waals surface area contributed by atoms with Crippen molar-refractivity contribution >= 4 is 49.0 Å². The van der Waals surface area contributed by atoms with Crippen molar-refractivity contribution in [1.29, 1.82) is 5.41 Å². The molecule has 0 spiro atoms. The zero-order valence-corrected chi connectivity index (χ0v) is 33.1. The third-order valence-electron chi connectivity index (χ3n) is 12.6. The molecule has 10 aromatic rings. The molecule has 0 aliphatic carbocycles. The number of nitrogens with zero attached hydrogens (tertiary/aromatic N) is 2. The van der Waals surface area contributed by atoms with Crippen molar-refractivity contribution < 1.29 is 0 Å². The Morgan fingerprint density at radius 2 is 0.533 bits per heavy atom. The molecular weight excluding hydrogens is 727 g/mol. The second kappa shape index (κ2) is 15.0. The molecule has 11 rings (SSSR count). The summed E-state index contributed by atoms with van der Waals surface area (Å²) < 4.78 is 0. The van der Waals surface area contributed by atoms with E-state index in [1.165, 1.54) is 54.2 Å². The minimum Gasteiger partial charge on any atom is -0.322 e. The predicted octanol–water partition coefficient (Wildman–Crippen LogP) is 14.2. The van der Waals surface area contributed by atoms with Crippen LogP contribution in [0.3, 0.4) is 0 Å². The Kier molecular flexibility index (Phi) is 8.93. The molecule has 3 heteroatoms. The second-order valence-electron chi connectivity index (χ2n) is 16.1. The average Bonchev–Trinajstić information content (AvgIpc) is 3.60. The Morgan fingerprint density at radius 3 is 0.817 bits per heavy atom. The molecule has 10 aromatic carbocycles. The van der Waals surface area contributed by atoms with Crippen molar-refractivity contribution in [2.24, 2.45) is 0 Å². The average molecular weight is 770 g/mol. The highest BCUT2D eigenvalue weighted by molar-refractivity contribution is 5.89. The number of rotatable bonds is 8. The number of nitrogens with one attached hydrogen (secondary N) is 1. The summed E-state index contributed by atoms with van der Waals surface area (Å²) in [7, 11) is 0. The summed E-state index contributed by atoms with van der Waals surface area (Å²) in [4.78, 5) is 4.85. The van der Waals surface area contributed by atoms with Gasteiger partial charge in [0.15, 0.2) is 5.96 Å². The van der Waals surface area contributed by atoms with Crippen LogP contribution in [0.4, 0.5) is 0 Å². The molecule has 3 nitrogen and oxygen atoms in total. The first kappa shape index (κ1) is 35.7. The molecule has 0 unspecified atom stereocenters. The van der Waals surface area contributed by atoms with E-state index >= 15 is 0 Å². The SMILES string of the molecule is N=C1N(C(c2ccc3ccccc3c2)c2ccc3ccccc3c2)[C@H](c2ccccc2)[C@@H](c2ccccc2)N1C(c1ccc2ccccc2c1)c1ccc2ccccc2c1. The highest BCUT2D eigenvalue weighted by Gasteiger charge is 2.51. The molecule has 0 bridgehead atoms. The van der Waals surface area contributed by atoms with Gasteiger partial charge in [-0.2, -0.15) is 0 Å². The number of guanidine groups is 1. The van der Waals surface area contributed by atoms with E-state index in [1.54, 1.807) is 0 Å². The standard InChI is InChI=1S/C57H43N3/c58-57-59(53(49-31-27-39-15-7-11-23-45(39)35-49)50-32-28-40-16-8-12-24-46(40)36-50)55(43-19-3-1-4-20-43)56(44-21-5-2-6-22-44)60(57)54(51-33-29-41-17-9-13-25-47(41)37-51)52-34-30-42-18-10-14-26-48(42)38-52/h1-38,53-56,58H/t55-,56-/m1/s1. The molecule has 1 aliphatic rings. The smallest absolute Gasteiger partial charge is 0.196 e. The van der Waals surface area contributed by atoms with Gasteiger partial charge in [0.05, 0.1) is 24.2 Å². The van der Waals surface area contributed by atoms with Crippen LogP contribution in [0.1, 0.15) is 57.5 Å². The minimum atomic E-state index is -0.290. The Balaban J connectivity index is 1.20. The molecule has 286 valence electrons. The Bertz CT molecular complexity index is 2800. The van der Waals surface area contributed by atoms with Gasteiger partial charge in [-0.25, -0.2) is 0 Å². The molecule has 1 aliphatic heterocycles. The lowest BCUT2D eigenvalue weighted by molar-refractivity contribution is 0.230. The lowest BCUT2D eigenvalue weighted by atomic mass is 9.87. The van der Waals surface area contributed by atoms with Crippen LogP contribution >= 0.6 is 0 Å². The van der Waals surface area contributed by atoms with Gasteiger partial charge in [0.1, 0.15) is 0 Å². The van der Waals surface area contributed by atoms with Crippen molar-refractivity contribution in [2.45, 2.75) is 24.2 Å². The minimum absolute atomic E-state index is 0.229. The third-order valence-corrected chi connectivity index (χ3v) is 12.6. The summed E-state index contributed by atoms with van der Waals surface area (Å²) in [5.74, 6) is 0.482. The molecule has 0 radical (unpaired) electrons. The van der Waals surface area contributed by atoms with E-state index in [4.69, 9.17) is 0 Å². The molecular formula is C57H43N3. The van der Waals surface area contributed by atoms with Gasteiger partial charge in [0.25, 0.3) is 0 Å². The maximum atomic E-state index is 10.9. The van der Waals surface area contributed by atoms with Crippen LogP contribution in [0.15, 0.2) is 231 Å². The molecule has 1 saturated heterocycles. The number of hydrogen-bond donors (Lipinski definition) is 1. The van der Waals surface area contributed by atoms with Crippen molar-refractivity contribution in [3.8, 4) is 0 Å². The van der Waals surface area contributed by atoms with E-state index in [9.17, 15) is 5.41 Å². The van der Waals surface area contributed by atoms with Crippen molar-refractivity contribution in [3.05, 3.63) is 264 Å². The van der Waals surface area contributed by atoms with Gasteiger partial charge >= 0.3 is 0 Å². The van der Waals surface area contributed by atoms with Crippen LogP contribution < -0.4 is 0 Å².